The molecule has 0 aliphatic rings. The minimum absolute atomic E-state index is 0.0740. The van der Waals surface area contributed by atoms with Crippen molar-refractivity contribution in [2.45, 2.75) is 72.0 Å². The van der Waals surface area contributed by atoms with E-state index in [1.165, 1.54) is 0 Å². The summed E-state index contributed by atoms with van der Waals surface area (Å²) in [7, 11) is -4.91. The highest BCUT2D eigenvalue weighted by atomic mass is 28.4. The quantitative estimate of drug-likeness (QED) is 0.652. The van der Waals surface area contributed by atoms with Crippen LogP contribution in [0.3, 0.4) is 0 Å². The summed E-state index contributed by atoms with van der Waals surface area (Å²) in [6.07, 6.45) is 0.630. The Balaban J connectivity index is 4.75. The van der Waals surface area contributed by atoms with Crippen LogP contribution < -0.4 is 0 Å². The summed E-state index contributed by atoms with van der Waals surface area (Å²) in [5.74, 6) is 0. The molecule has 0 N–H and O–H groups in total. The third-order valence-corrected chi connectivity index (χ3v) is 4.36. The molecule has 0 fully saturated rings. The molecule has 0 rings (SSSR count). The molecule has 0 saturated carbocycles. The van der Waals surface area contributed by atoms with E-state index in [1.807, 2.05) is 6.92 Å². The van der Waals surface area contributed by atoms with E-state index in [0.717, 1.165) is 0 Å². The van der Waals surface area contributed by atoms with Crippen LogP contribution in [0.15, 0.2) is 0 Å². The molecule has 1 atom stereocenters. The van der Waals surface area contributed by atoms with Crippen LogP contribution in [0.25, 0.3) is 0 Å². The normalized spacial score (nSPS) is 16.2. The van der Waals surface area contributed by atoms with E-state index in [4.69, 9.17) is 13.3 Å². The molecule has 0 aromatic rings. The molecular weight excluding hydrogens is 276 g/mol. The smallest absolute Gasteiger partial charge is 0.231 e. The van der Waals surface area contributed by atoms with Crippen LogP contribution in [0, 0.1) is 6.29 Å². The first-order chi connectivity index (χ1) is 7.70. The highest BCUT2D eigenvalue weighted by molar-refractivity contribution is 6.71. The summed E-state index contributed by atoms with van der Waals surface area (Å²) >= 11 is 0. The van der Waals surface area contributed by atoms with Crippen molar-refractivity contribution in [1.29, 1.82) is 0 Å². The Bertz CT molecular complexity index is 235. The van der Waals surface area contributed by atoms with Gasteiger partial charge in [-0.2, -0.15) is 0 Å². The molecule has 0 bridgehead atoms. The lowest BCUT2D eigenvalue weighted by Gasteiger charge is -2.35. The molecule has 0 aromatic carbocycles. The van der Waals surface area contributed by atoms with Gasteiger partial charge in [0.05, 0.1) is 6.10 Å². The number of rotatable bonds is 7. The summed E-state index contributed by atoms with van der Waals surface area (Å²) < 4.78 is 18.3. The monoisotopic (exact) mass is 307 g/mol. The molecule has 0 saturated heterocycles. The largest absolute Gasteiger partial charge is 0.409 e. The molecule has 109 valence electrons. The van der Waals surface area contributed by atoms with Crippen molar-refractivity contribution in [1.82, 2.24) is 0 Å². The fourth-order valence-corrected chi connectivity index (χ4v) is 4.23. The first-order valence-corrected chi connectivity index (χ1v) is 16.8. The molecule has 0 heterocycles. The third kappa shape index (κ3) is 10.5. The van der Waals surface area contributed by atoms with Gasteiger partial charge in [0.1, 0.15) is 0 Å². The minimum Gasteiger partial charge on any atom is -0.409 e. The van der Waals surface area contributed by atoms with Gasteiger partial charge in [0.15, 0.2) is 25.0 Å². The van der Waals surface area contributed by atoms with Gasteiger partial charge in [0.25, 0.3) is 0 Å². The van der Waals surface area contributed by atoms with Gasteiger partial charge in [-0.25, -0.2) is 0 Å². The van der Waals surface area contributed by atoms with E-state index >= 15 is 0 Å². The molecule has 0 aliphatic heterocycles. The van der Waals surface area contributed by atoms with E-state index in [-0.39, 0.29) is 6.10 Å². The first-order valence-electron chi connectivity index (χ1n) is 6.62. The predicted molar refractivity (Wildman–Crippen MR) is 86.0 cm³/mol. The zero-order valence-corrected chi connectivity index (χ0v) is 16.8. The fraction of sp³-hybridized carbons (Fsp3) is 0.917. The van der Waals surface area contributed by atoms with Gasteiger partial charge < -0.3 is 13.3 Å². The molecule has 0 amide bonds. The van der Waals surface area contributed by atoms with Crippen molar-refractivity contribution in [3.05, 3.63) is 6.29 Å². The van der Waals surface area contributed by atoms with Crippen LogP contribution in [0.2, 0.25) is 58.9 Å². The maximum Gasteiger partial charge on any atom is 0.231 e. The minimum atomic E-state index is -1.66. The van der Waals surface area contributed by atoms with Gasteiger partial charge in [-0.1, -0.05) is 0 Å². The molecule has 1 unspecified atom stereocenters. The van der Waals surface area contributed by atoms with Crippen LogP contribution >= 0.6 is 0 Å². The average molecular weight is 308 g/mol. The van der Waals surface area contributed by atoms with E-state index in [9.17, 15) is 0 Å². The molecular formula is C12H31O3Si3. The SMILES string of the molecule is CC(O[Si](C)(C)C)[C](O[Si](C)(C)C)O[Si](C)(C)C. The van der Waals surface area contributed by atoms with Crippen LogP contribution in [-0.4, -0.2) is 31.1 Å². The first kappa shape index (κ1) is 18.5. The summed E-state index contributed by atoms with van der Waals surface area (Å²) in [4.78, 5) is 0. The Morgan fingerprint density at radius 3 is 1.22 bits per heavy atom. The van der Waals surface area contributed by atoms with Crippen LogP contribution in [0.4, 0.5) is 0 Å². The molecule has 18 heavy (non-hydrogen) atoms. The van der Waals surface area contributed by atoms with Gasteiger partial charge in [-0.3, -0.25) is 0 Å². The second kappa shape index (κ2) is 6.32. The maximum atomic E-state index is 6.09. The summed E-state index contributed by atoms with van der Waals surface area (Å²) in [6, 6.07) is 0. The van der Waals surface area contributed by atoms with E-state index in [1.54, 1.807) is 0 Å². The van der Waals surface area contributed by atoms with Crippen molar-refractivity contribution in [3.8, 4) is 0 Å². The predicted octanol–water partition coefficient (Wildman–Crippen LogP) is 4.42. The summed E-state index contributed by atoms with van der Waals surface area (Å²) in [5.41, 5.74) is 0. The lowest BCUT2D eigenvalue weighted by atomic mass is 10.4. The fourth-order valence-electron chi connectivity index (χ4n) is 1.37. The van der Waals surface area contributed by atoms with E-state index in [0.29, 0.717) is 6.29 Å². The zero-order chi connectivity index (χ0) is 14.8. The van der Waals surface area contributed by atoms with Crippen molar-refractivity contribution >= 4 is 25.0 Å². The summed E-state index contributed by atoms with van der Waals surface area (Å²) in [5, 5.41) is 0. The zero-order valence-electron chi connectivity index (χ0n) is 13.8. The lowest BCUT2D eigenvalue weighted by molar-refractivity contribution is 0.0175. The Morgan fingerprint density at radius 1 is 0.667 bits per heavy atom. The number of hydrogen-bond donors (Lipinski definition) is 0. The Morgan fingerprint density at radius 2 is 1.00 bits per heavy atom. The molecule has 0 aliphatic carbocycles. The van der Waals surface area contributed by atoms with Gasteiger partial charge in [0.2, 0.25) is 6.29 Å². The molecule has 0 spiro atoms. The topological polar surface area (TPSA) is 27.7 Å². The van der Waals surface area contributed by atoms with Gasteiger partial charge in [-0.05, 0) is 65.8 Å². The maximum absolute atomic E-state index is 6.09. The van der Waals surface area contributed by atoms with Crippen molar-refractivity contribution < 1.29 is 13.3 Å². The summed E-state index contributed by atoms with van der Waals surface area (Å²) in [6.45, 7) is 21.6. The van der Waals surface area contributed by atoms with E-state index in [2.05, 4.69) is 58.9 Å². The molecule has 6 heteroatoms. The molecule has 0 aromatic heterocycles. The number of hydrogen-bond acceptors (Lipinski definition) is 3. The third-order valence-electron chi connectivity index (χ3n) is 1.68. The lowest BCUT2D eigenvalue weighted by Crippen LogP contribution is -2.43. The van der Waals surface area contributed by atoms with Crippen molar-refractivity contribution in [2.24, 2.45) is 0 Å². The van der Waals surface area contributed by atoms with E-state index < -0.39 is 25.0 Å². The van der Waals surface area contributed by atoms with Gasteiger partial charge in [0, 0.05) is 0 Å². The second-order valence-corrected chi connectivity index (χ2v) is 20.9. The van der Waals surface area contributed by atoms with Crippen molar-refractivity contribution in [3.63, 3.8) is 0 Å². The molecule has 3 nitrogen and oxygen atoms in total. The van der Waals surface area contributed by atoms with Crippen LogP contribution in [0.5, 0.6) is 0 Å². The Hall–Kier alpha value is 0.531. The average Bonchev–Trinajstić information content (AvgIpc) is 1.93. The Kier molecular flexibility index (Phi) is 6.51. The standard InChI is InChI=1S/C12H31O3Si3/c1-11(13-16(2,3)4)12(14-17(5,6)7)15-18(8,9)10/h11H,1-10H3. The Labute approximate surface area is 117 Å². The highest BCUT2D eigenvalue weighted by Gasteiger charge is 2.34. The van der Waals surface area contributed by atoms with Gasteiger partial charge >= 0.3 is 0 Å². The highest BCUT2D eigenvalue weighted by Crippen LogP contribution is 2.26. The molecule has 1 radical (unpaired) electrons. The van der Waals surface area contributed by atoms with Crippen molar-refractivity contribution in [2.75, 3.05) is 0 Å². The van der Waals surface area contributed by atoms with Gasteiger partial charge in [-0.15, -0.1) is 0 Å². The van der Waals surface area contributed by atoms with Crippen LogP contribution in [-0.2, 0) is 13.3 Å². The van der Waals surface area contributed by atoms with Crippen LogP contribution in [0.1, 0.15) is 6.92 Å². The second-order valence-electron chi connectivity index (χ2n) is 7.62.